The monoisotopic (exact) mass is 295 g/mol. The van der Waals surface area contributed by atoms with Gasteiger partial charge in [0.1, 0.15) is 5.82 Å². The van der Waals surface area contributed by atoms with Gasteiger partial charge in [-0.25, -0.2) is 4.39 Å². The van der Waals surface area contributed by atoms with Gasteiger partial charge in [0, 0.05) is 26.1 Å². The van der Waals surface area contributed by atoms with E-state index in [1.807, 2.05) is 12.1 Å². The number of aryl methyl sites for hydroxylation is 1. The van der Waals surface area contributed by atoms with Gasteiger partial charge in [0.05, 0.1) is 25.9 Å². The van der Waals surface area contributed by atoms with Gasteiger partial charge in [-0.1, -0.05) is 12.1 Å². The van der Waals surface area contributed by atoms with Gasteiger partial charge in [0.25, 0.3) is 0 Å². The van der Waals surface area contributed by atoms with Crippen molar-refractivity contribution >= 4 is 0 Å². The number of rotatable bonds is 4. The molecule has 2 fully saturated rings. The zero-order chi connectivity index (χ0) is 14.7. The lowest BCUT2D eigenvalue weighted by Gasteiger charge is -2.33. The Morgan fingerprint density at radius 1 is 1.19 bits per heavy atom. The highest BCUT2D eigenvalue weighted by atomic mass is 19.1. The number of halogens is 1. The maximum absolute atomic E-state index is 13.4. The van der Waals surface area contributed by atoms with E-state index in [0.717, 1.165) is 31.6 Å². The molecule has 1 aromatic rings. The molecule has 1 atom stereocenters. The molecule has 1 aromatic carbocycles. The Bertz CT molecular complexity index is 477. The summed E-state index contributed by atoms with van der Waals surface area (Å²) in [6.45, 7) is 6.57. The molecule has 2 saturated heterocycles. The molecule has 0 N–H and O–H groups in total. The van der Waals surface area contributed by atoms with Crippen LogP contribution < -0.4 is 0 Å². The molecule has 0 saturated carbocycles. The Hall–Kier alpha value is -1.01. The number of hydrogen-bond acceptors (Lipinski definition) is 4. The number of morpholine rings is 1. The highest BCUT2D eigenvalue weighted by molar-refractivity contribution is 5.26. The van der Waals surface area contributed by atoms with E-state index in [0.29, 0.717) is 25.4 Å². The van der Waals surface area contributed by atoms with Crippen molar-refractivity contribution in [3.8, 4) is 0 Å². The smallest absolute Gasteiger partial charge is 0.159 e. The maximum atomic E-state index is 13.4. The number of hydrogen-bond donors (Lipinski definition) is 0. The van der Waals surface area contributed by atoms with Crippen molar-refractivity contribution in [3.05, 3.63) is 35.1 Å². The summed E-state index contributed by atoms with van der Waals surface area (Å²) in [7, 11) is 0. The largest absolute Gasteiger partial charge is 0.371 e. The van der Waals surface area contributed by atoms with Crippen molar-refractivity contribution in [3.63, 3.8) is 0 Å². The van der Waals surface area contributed by atoms with Crippen LogP contribution in [0, 0.1) is 12.7 Å². The van der Waals surface area contributed by atoms with Crippen LogP contribution in [-0.2, 0) is 14.2 Å². The molecule has 116 valence electrons. The SMILES string of the molecule is Cc1cc(C2CN(CCC3OCCO3)CCO2)ccc1F. The van der Waals surface area contributed by atoms with Crippen molar-refractivity contribution in [2.75, 3.05) is 39.5 Å². The molecule has 5 heteroatoms. The topological polar surface area (TPSA) is 30.9 Å². The van der Waals surface area contributed by atoms with E-state index in [2.05, 4.69) is 4.90 Å². The molecule has 0 spiro atoms. The standard InChI is InChI=1S/C16H22FNO3/c1-12-10-13(2-3-14(12)17)15-11-18(6-7-19-15)5-4-16-20-8-9-21-16/h2-3,10,15-16H,4-9,11H2,1H3. The third-order valence-electron chi connectivity index (χ3n) is 4.08. The first-order chi connectivity index (χ1) is 10.2. The van der Waals surface area contributed by atoms with Crippen LogP contribution in [0.25, 0.3) is 0 Å². The minimum absolute atomic E-state index is 0.0171. The van der Waals surface area contributed by atoms with E-state index < -0.39 is 0 Å². The number of ether oxygens (including phenoxy) is 3. The molecule has 2 aliphatic heterocycles. The van der Waals surface area contributed by atoms with Crippen LogP contribution >= 0.6 is 0 Å². The lowest BCUT2D eigenvalue weighted by molar-refractivity contribution is -0.0674. The summed E-state index contributed by atoms with van der Waals surface area (Å²) in [4.78, 5) is 2.36. The number of benzene rings is 1. The second-order valence-electron chi connectivity index (χ2n) is 5.63. The summed E-state index contributed by atoms with van der Waals surface area (Å²) in [5, 5.41) is 0. The minimum atomic E-state index is -0.165. The van der Waals surface area contributed by atoms with Gasteiger partial charge >= 0.3 is 0 Å². The van der Waals surface area contributed by atoms with Crippen LogP contribution in [0.4, 0.5) is 4.39 Å². The molecule has 0 aromatic heterocycles. The summed E-state index contributed by atoms with van der Waals surface area (Å²) in [6.07, 6.45) is 0.845. The lowest BCUT2D eigenvalue weighted by Crippen LogP contribution is -2.39. The van der Waals surface area contributed by atoms with Crippen molar-refractivity contribution in [1.82, 2.24) is 4.90 Å². The zero-order valence-corrected chi connectivity index (χ0v) is 12.4. The summed E-state index contributed by atoms with van der Waals surface area (Å²) in [6, 6.07) is 5.22. The molecule has 0 bridgehead atoms. The third kappa shape index (κ3) is 3.80. The summed E-state index contributed by atoms with van der Waals surface area (Å²) >= 11 is 0. The van der Waals surface area contributed by atoms with E-state index in [1.165, 1.54) is 6.07 Å². The van der Waals surface area contributed by atoms with Crippen molar-refractivity contribution in [2.45, 2.75) is 25.7 Å². The fraction of sp³-hybridized carbons (Fsp3) is 0.625. The molecule has 2 aliphatic rings. The van der Waals surface area contributed by atoms with Crippen LogP contribution in [0.5, 0.6) is 0 Å². The molecule has 21 heavy (non-hydrogen) atoms. The Balaban J connectivity index is 1.55. The van der Waals surface area contributed by atoms with Crippen LogP contribution in [0.2, 0.25) is 0 Å². The Morgan fingerprint density at radius 2 is 2.00 bits per heavy atom. The molecule has 4 nitrogen and oxygen atoms in total. The molecule has 0 amide bonds. The van der Waals surface area contributed by atoms with Gasteiger partial charge in [-0.05, 0) is 24.1 Å². The van der Waals surface area contributed by atoms with Gasteiger partial charge < -0.3 is 14.2 Å². The van der Waals surface area contributed by atoms with Gasteiger partial charge in [-0.3, -0.25) is 4.90 Å². The fourth-order valence-electron chi connectivity index (χ4n) is 2.84. The van der Waals surface area contributed by atoms with Crippen molar-refractivity contribution < 1.29 is 18.6 Å². The highest BCUT2D eigenvalue weighted by Gasteiger charge is 2.24. The molecule has 0 aliphatic carbocycles. The Kier molecular flexibility index (Phi) is 4.85. The highest BCUT2D eigenvalue weighted by Crippen LogP contribution is 2.24. The minimum Gasteiger partial charge on any atom is -0.371 e. The van der Waals surface area contributed by atoms with Crippen LogP contribution in [-0.4, -0.2) is 50.6 Å². The average molecular weight is 295 g/mol. The first-order valence-electron chi connectivity index (χ1n) is 7.55. The Labute approximate surface area is 124 Å². The lowest BCUT2D eigenvalue weighted by atomic mass is 10.0. The van der Waals surface area contributed by atoms with E-state index in [9.17, 15) is 4.39 Å². The molecular weight excluding hydrogens is 273 g/mol. The van der Waals surface area contributed by atoms with Crippen LogP contribution in [0.1, 0.15) is 23.7 Å². The molecule has 1 unspecified atom stereocenters. The second-order valence-corrected chi connectivity index (χ2v) is 5.63. The van der Waals surface area contributed by atoms with E-state index in [-0.39, 0.29) is 18.2 Å². The second kappa shape index (κ2) is 6.83. The molecule has 3 rings (SSSR count). The van der Waals surface area contributed by atoms with Crippen LogP contribution in [0.3, 0.4) is 0 Å². The average Bonchev–Trinajstić information content (AvgIpc) is 3.02. The first-order valence-corrected chi connectivity index (χ1v) is 7.55. The summed E-state index contributed by atoms with van der Waals surface area (Å²) in [5.74, 6) is -0.165. The van der Waals surface area contributed by atoms with Crippen molar-refractivity contribution in [2.24, 2.45) is 0 Å². The van der Waals surface area contributed by atoms with E-state index in [4.69, 9.17) is 14.2 Å². The zero-order valence-electron chi connectivity index (χ0n) is 12.4. The maximum Gasteiger partial charge on any atom is 0.159 e. The third-order valence-corrected chi connectivity index (χ3v) is 4.08. The molecule has 2 heterocycles. The predicted molar refractivity (Wildman–Crippen MR) is 76.6 cm³/mol. The first kappa shape index (κ1) is 14.9. The van der Waals surface area contributed by atoms with E-state index >= 15 is 0 Å². The fourth-order valence-corrected chi connectivity index (χ4v) is 2.84. The predicted octanol–water partition coefficient (Wildman–Crippen LogP) is 2.27. The summed E-state index contributed by atoms with van der Waals surface area (Å²) < 4.78 is 30.1. The van der Waals surface area contributed by atoms with Gasteiger partial charge in [0.15, 0.2) is 6.29 Å². The van der Waals surface area contributed by atoms with Gasteiger partial charge in [-0.2, -0.15) is 0 Å². The van der Waals surface area contributed by atoms with Crippen LogP contribution in [0.15, 0.2) is 18.2 Å². The Morgan fingerprint density at radius 3 is 2.76 bits per heavy atom. The van der Waals surface area contributed by atoms with Gasteiger partial charge in [0.2, 0.25) is 0 Å². The quantitative estimate of drug-likeness (QED) is 0.852. The number of nitrogens with zero attached hydrogens (tertiary/aromatic N) is 1. The van der Waals surface area contributed by atoms with Crippen molar-refractivity contribution in [1.29, 1.82) is 0 Å². The normalized spacial score (nSPS) is 24.6. The van der Waals surface area contributed by atoms with E-state index in [1.54, 1.807) is 6.92 Å². The molecule has 0 radical (unpaired) electrons. The van der Waals surface area contributed by atoms with Gasteiger partial charge in [-0.15, -0.1) is 0 Å². The summed E-state index contributed by atoms with van der Waals surface area (Å²) in [5.41, 5.74) is 1.72. The molecular formula is C16H22FNO3.